The molecule has 0 atom stereocenters. The van der Waals surface area contributed by atoms with Gasteiger partial charge in [0.25, 0.3) is 5.91 Å². The first kappa shape index (κ1) is 17.6. The molecule has 0 spiro atoms. The van der Waals surface area contributed by atoms with E-state index in [-0.39, 0.29) is 11.8 Å². The minimum Gasteiger partial charge on any atom is -0.496 e. The van der Waals surface area contributed by atoms with Crippen molar-refractivity contribution in [2.75, 3.05) is 26.5 Å². The summed E-state index contributed by atoms with van der Waals surface area (Å²) in [6.45, 7) is 1.16. The van der Waals surface area contributed by atoms with Crippen LogP contribution in [0, 0.1) is 0 Å². The number of nitrogens with zero attached hydrogens (tertiary/aromatic N) is 3. The lowest BCUT2D eigenvalue weighted by molar-refractivity contribution is 0.0565. The third-order valence-electron chi connectivity index (χ3n) is 4.64. The standard InChI is InChI=1S/C20H19N3O3S/c1-25-16-9-5-3-7-14(16)18-21-19(26-22-18)13-11-23(12-13)20(24)15-8-4-6-10-17(15)27-2/h3-10,13H,11-12H2,1-2H3. The number of aromatic nitrogens is 2. The number of carbonyl (C=O) groups excluding carboxylic acids is 1. The number of likely N-dealkylation sites (tertiary alicyclic amines) is 1. The summed E-state index contributed by atoms with van der Waals surface area (Å²) in [5, 5.41) is 4.08. The molecule has 0 saturated carbocycles. The van der Waals surface area contributed by atoms with Crippen LogP contribution in [0.3, 0.4) is 0 Å². The van der Waals surface area contributed by atoms with Crippen molar-refractivity contribution < 1.29 is 14.1 Å². The summed E-state index contributed by atoms with van der Waals surface area (Å²) in [4.78, 5) is 20.0. The third-order valence-corrected chi connectivity index (χ3v) is 5.44. The highest BCUT2D eigenvalue weighted by atomic mass is 32.2. The Morgan fingerprint density at radius 3 is 2.70 bits per heavy atom. The second kappa shape index (κ2) is 7.44. The normalized spacial score (nSPS) is 14.1. The molecule has 7 heteroatoms. The number of rotatable bonds is 5. The van der Waals surface area contributed by atoms with E-state index >= 15 is 0 Å². The highest BCUT2D eigenvalue weighted by Crippen LogP contribution is 2.32. The van der Waals surface area contributed by atoms with E-state index in [1.165, 1.54) is 0 Å². The molecule has 4 rings (SSSR count). The van der Waals surface area contributed by atoms with Gasteiger partial charge in [0.1, 0.15) is 5.75 Å². The molecule has 2 heterocycles. The van der Waals surface area contributed by atoms with E-state index in [1.807, 2.05) is 59.7 Å². The summed E-state index contributed by atoms with van der Waals surface area (Å²) >= 11 is 1.58. The number of hydrogen-bond donors (Lipinski definition) is 0. The first-order valence-electron chi connectivity index (χ1n) is 8.60. The fourth-order valence-corrected chi connectivity index (χ4v) is 3.72. The smallest absolute Gasteiger partial charge is 0.255 e. The second-order valence-corrected chi connectivity index (χ2v) is 7.11. The van der Waals surface area contributed by atoms with E-state index in [9.17, 15) is 4.79 Å². The van der Waals surface area contributed by atoms with Crippen LogP contribution < -0.4 is 4.74 Å². The van der Waals surface area contributed by atoms with Gasteiger partial charge in [-0.1, -0.05) is 29.4 Å². The van der Waals surface area contributed by atoms with Crippen molar-refractivity contribution >= 4 is 17.7 Å². The second-order valence-electron chi connectivity index (χ2n) is 6.26. The van der Waals surface area contributed by atoms with Crippen LogP contribution in [0.25, 0.3) is 11.4 Å². The van der Waals surface area contributed by atoms with Crippen molar-refractivity contribution in [2.24, 2.45) is 0 Å². The van der Waals surface area contributed by atoms with Crippen LogP contribution in [-0.4, -0.2) is 47.4 Å². The Balaban J connectivity index is 1.46. The van der Waals surface area contributed by atoms with Gasteiger partial charge in [0.15, 0.2) is 0 Å². The van der Waals surface area contributed by atoms with Crippen molar-refractivity contribution in [1.82, 2.24) is 15.0 Å². The highest BCUT2D eigenvalue weighted by molar-refractivity contribution is 7.98. The molecule has 27 heavy (non-hydrogen) atoms. The van der Waals surface area contributed by atoms with Crippen LogP contribution in [0.5, 0.6) is 5.75 Å². The molecule has 0 aliphatic carbocycles. The van der Waals surface area contributed by atoms with Gasteiger partial charge in [0.2, 0.25) is 11.7 Å². The lowest BCUT2D eigenvalue weighted by atomic mass is 9.98. The maximum atomic E-state index is 12.7. The molecule has 1 amide bonds. The van der Waals surface area contributed by atoms with Gasteiger partial charge in [-0.3, -0.25) is 4.79 Å². The fraction of sp³-hybridized carbons (Fsp3) is 0.250. The number of hydrogen-bond acceptors (Lipinski definition) is 6. The molecule has 1 aliphatic heterocycles. The van der Waals surface area contributed by atoms with Gasteiger partial charge in [-0.2, -0.15) is 4.98 Å². The Bertz CT molecular complexity index is 966. The van der Waals surface area contributed by atoms with Gasteiger partial charge in [-0.05, 0) is 30.5 Å². The van der Waals surface area contributed by atoms with Crippen LogP contribution in [0.15, 0.2) is 57.9 Å². The van der Waals surface area contributed by atoms with Crippen LogP contribution >= 0.6 is 11.8 Å². The van der Waals surface area contributed by atoms with Crippen LogP contribution in [0.4, 0.5) is 0 Å². The van der Waals surface area contributed by atoms with E-state index in [1.54, 1.807) is 18.9 Å². The molecule has 2 aromatic carbocycles. The summed E-state index contributed by atoms with van der Waals surface area (Å²) in [7, 11) is 1.61. The number of benzene rings is 2. The summed E-state index contributed by atoms with van der Waals surface area (Å²) in [5.74, 6) is 1.86. The van der Waals surface area contributed by atoms with Crippen LogP contribution in [0.1, 0.15) is 22.2 Å². The first-order valence-corrected chi connectivity index (χ1v) is 9.83. The Labute approximate surface area is 161 Å². The lowest BCUT2D eigenvalue weighted by Crippen LogP contribution is -2.48. The van der Waals surface area contributed by atoms with Crippen molar-refractivity contribution in [3.63, 3.8) is 0 Å². The quantitative estimate of drug-likeness (QED) is 0.628. The number of para-hydroxylation sites is 1. The number of thioether (sulfide) groups is 1. The Morgan fingerprint density at radius 1 is 1.19 bits per heavy atom. The molecule has 0 radical (unpaired) electrons. The summed E-state index contributed by atoms with van der Waals surface area (Å²) < 4.78 is 10.8. The average Bonchev–Trinajstić information content (AvgIpc) is 3.16. The highest BCUT2D eigenvalue weighted by Gasteiger charge is 2.36. The monoisotopic (exact) mass is 381 g/mol. The zero-order valence-electron chi connectivity index (χ0n) is 15.1. The van der Waals surface area contributed by atoms with Gasteiger partial charge in [-0.25, -0.2) is 0 Å². The molecule has 0 N–H and O–H groups in total. The maximum Gasteiger partial charge on any atom is 0.255 e. The molecule has 6 nitrogen and oxygen atoms in total. The number of amides is 1. The van der Waals surface area contributed by atoms with E-state index < -0.39 is 0 Å². The first-order chi connectivity index (χ1) is 13.2. The minimum absolute atomic E-state index is 0.0423. The summed E-state index contributed by atoms with van der Waals surface area (Å²) in [5.41, 5.74) is 1.53. The van der Waals surface area contributed by atoms with E-state index in [2.05, 4.69) is 10.1 Å². The molecular weight excluding hydrogens is 362 g/mol. The Kier molecular flexibility index (Phi) is 4.85. The largest absolute Gasteiger partial charge is 0.496 e. The third kappa shape index (κ3) is 3.30. The van der Waals surface area contributed by atoms with Gasteiger partial charge in [0, 0.05) is 18.0 Å². The number of methoxy groups -OCH3 is 1. The molecule has 1 aliphatic rings. The van der Waals surface area contributed by atoms with Crippen molar-refractivity contribution in [1.29, 1.82) is 0 Å². The molecule has 1 saturated heterocycles. The predicted octanol–water partition coefficient (Wildman–Crippen LogP) is 3.71. The molecule has 1 fully saturated rings. The van der Waals surface area contributed by atoms with Gasteiger partial charge >= 0.3 is 0 Å². The molecule has 138 valence electrons. The van der Waals surface area contributed by atoms with Gasteiger partial charge < -0.3 is 14.2 Å². The fourth-order valence-electron chi connectivity index (χ4n) is 3.13. The zero-order chi connectivity index (χ0) is 18.8. The molecule has 1 aromatic heterocycles. The Hall–Kier alpha value is -2.80. The lowest BCUT2D eigenvalue weighted by Gasteiger charge is -2.37. The van der Waals surface area contributed by atoms with Crippen LogP contribution in [-0.2, 0) is 0 Å². The molecule has 3 aromatic rings. The van der Waals surface area contributed by atoms with Crippen LogP contribution in [0.2, 0.25) is 0 Å². The molecule has 0 bridgehead atoms. The minimum atomic E-state index is 0.0423. The number of carbonyl (C=O) groups is 1. The zero-order valence-corrected chi connectivity index (χ0v) is 15.9. The van der Waals surface area contributed by atoms with E-state index in [0.717, 1.165) is 16.0 Å². The Morgan fingerprint density at radius 2 is 1.93 bits per heavy atom. The maximum absolute atomic E-state index is 12.7. The topological polar surface area (TPSA) is 68.5 Å². The molecule has 0 unspecified atom stereocenters. The van der Waals surface area contributed by atoms with Crippen molar-refractivity contribution in [3.8, 4) is 17.1 Å². The average molecular weight is 381 g/mol. The summed E-state index contributed by atoms with van der Waals surface area (Å²) in [6, 6.07) is 15.2. The van der Waals surface area contributed by atoms with Crippen molar-refractivity contribution in [2.45, 2.75) is 10.8 Å². The SMILES string of the molecule is COc1ccccc1-c1noc(C2CN(C(=O)c3ccccc3SC)C2)n1. The van der Waals surface area contributed by atoms with Gasteiger partial charge in [-0.15, -0.1) is 11.8 Å². The van der Waals surface area contributed by atoms with E-state index in [4.69, 9.17) is 9.26 Å². The number of ether oxygens (including phenoxy) is 1. The van der Waals surface area contributed by atoms with E-state index in [0.29, 0.717) is 30.6 Å². The van der Waals surface area contributed by atoms with Crippen molar-refractivity contribution in [3.05, 3.63) is 60.0 Å². The predicted molar refractivity (Wildman–Crippen MR) is 103 cm³/mol. The summed E-state index contributed by atoms with van der Waals surface area (Å²) in [6.07, 6.45) is 1.98. The molecular formula is C20H19N3O3S. The van der Waals surface area contributed by atoms with Gasteiger partial charge in [0.05, 0.1) is 24.2 Å².